The van der Waals surface area contributed by atoms with Crippen molar-refractivity contribution < 1.29 is 19.4 Å². The highest BCUT2D eigenvalue weighted by Gasteiger charge is 2.10. The summed E-state index contributed by atoms with van der Waals surface area (Å²) in [6, 6.07) is 7.26. The lowest BCUT2D eigenvalue weighted by atomic mass is 10.1. The maximum atomic E-state index is 12.0. The van der Waals surface area contributed by atoms with Crippen LogP contribution < -0.4 is 10.1 Å². The molecule has 2 rings (SSSR count). The summed E-state index contributed by atoms with van der Waals surface area (Å²) >= 11 is 0. The second kappa shape index (κ2) is 6.56. The summed E-state index contributed by atoms with van der Waals surface area (Å²) in [5.74, 6) is -0.575. The molecule has 0 aliphatic rings. The third kappa shape index (κ3) is 4.07. The van der Waals surface area contributed by atoms with Crippen molar-refractivity contribution in [1.29, 1.82) is 0 Å². The Morgan fingerprint density at radius 1 is 1.38 bits per heavy atom. The van der Waals surface area contributed by atoms with E-state index < -0.39 is 5.97 Å². The highest BCUT2D eigenvalue weighted by atomic mass is 16.5. The maximum absolute atomic E-state index is 12.0. The number of amides is 1. The van der Waals surface area contributed by atoms with E-state index in [0.717, 1.165) is 5.56 Å². The molecule has 0 saturated carbocycles. The zero-order chi connectivity index (χ0) is 15.2. The van der Waals surface area contributed by atoms with Gasteiger partial charge in [-0.3, -0.25) is 14.3 Å². The summed E-state index contributed by atoms with van der Waals surface area (Å²) in [7, 11) is 1.55. The van der Waals surface area contributed by atoms with Crippen LogP contribution in [0.1, 0.15) is 5.56 Å². The van der Waals surface area contributed by atoms with Crippen LogP contribution in [0.5, 0.6) is 5.75 Å². The van der Waals surface area contributed by atoms with E-state index in [4.69, 9.17) is 9.84 Å². The van der Waals surface area contributed by atoms with Gasteiger partial charge in [0.2, 0.25) is 5.91 Å². The number of hydrogen-bond donors (Lipinski definition) is 2. The Balaban J connectivity index is 1.98. The minimum absolute atomic E-state index is 0.161. The Morgan fingerprint density at radius 3 is 2.86 bits per heavy atom. The molecule has 2 N–H and O–H groups in total. The van der Waals surface area contributed by atoms with Crippen molar-refractivity contribution in [2.24, 2.45) is 0 Å². The molecule has 0 aliphatic carbocycles. The molecule has 0 bridgehead atoms. The molecule has 7 heteroatoms. The number of carboxylic acid groups (broad SMARTS) is 1. The fourth-order valence-electron chi connectivity index (χ4n) is 1.88. The topological polar surface area (TPSA) is 93.5 Å². The molecule has 0 saturated heterocycles. The van der Waals surface area contributed by atoms with Crippen molar-refractivity contribution in [2.45, 2.75) is 13.0 Å². The van der Waals surface area contributed by atoms with E-state index >= 15 is 0 Å². The van der Waals surface area contributed by atoms with E-state index in [2.05, 4.69) is 10.4 Å². The lowest BCUT2D eigenvalue weighted by molar-refractivity contribution is -0.137. The molecular weight excluding hydrogens is 274 g/mol. The SMILES string of the molecule is COc1ccccc1CC(=O)Nc1cnn(CC(=O)O)c1. The van der Waals surface area contributed by atoms with E-state index in [-0.39, 0.29) is 18.9 Å². The van der Waals surface area contributed by atoms with E-state index in [1.807, 2.05) is 18.2 Å². The fraction of sp³-hybridized carbons (Fsp3) is 0.214. The highest BCUT2D eigenvalue weighted by molar-refractivity contribution is 5.92. The van der Waals surface area contributed by atoms with Crippen LogP contribution in [-0.2, 0) is 22.6 Å². The van der Waals surface area contributed by atoms with Gasteiger partial charge in [-0.15, -0.1) is 0 Å². The fourth-order valence-corrected chi connectivity index (χ4v) is 1.88. The van der Waals surface area contributed by atoms with Crippen LogP contribution >= 0.6 is 0 Å². The number of anilines is 1. The molecule has 0 atom stereocenters. The van der Waals surface area contributed by atoms with Gasteiger partial charge in [0.05, 0.1) is 25.4 Å². The Kier molecular flexibility index (Phi) is 4.55. The second-order valence-electron chi connectivity index (χ2n) is 4.36. The Hall–Kier alpha value is -2.83. The molecular formula is C14H15N3O4. The van der Waals surface area contributed by atoms with Crippen LogP contribution in [0.15, 0.2) is 36.7 Å². The first-order chi connectivity index (χ1) is 10.1. The largest absolute Gasteiger partial charge is 0.496 e. The zero-order valence-electron chi connectivity index (χ0n) is 11.4. The lowest BCUT2D eigenvalue weighted by Gasteiger charge is -2.07. The summed E-state index contributed by atoms with van der Waals surface area (Å²) in [4.78, 5) is 22.5. The number of hydrogen-bond acceptors (Lipinski definition) is 4. The maximum Gasteiger partial charge on any atom is 0.325 e. The quantitative estimate of drug-likeness (QED) is 0.832. The van der Waals surface area contributed by atoms with E-state index in [1.165, 1.54) is 17.1 Å². The molecule has 0 radical (unpaired) electrons. The monoisotopic (exact) mass is 289 g/mol. The number of aromatic nitrogens is 2. The van der Waals surface area contributed by atoms with Crippen LogP contribution in [-0.4, -0.2) is 33.9 Å². The van der Waals surface area contributed by atoms with Crippen molar-refractivity contribution in [3.05, 3.63) is 42.2 Å². The van der Waals surface area contributed by atoms with Crippen LogP contribution in [0, 0.1) is 0 Å². The number of nitrogens with one attached hydrogen (secondary N) is 1. The molecule has 2 aromatic rings. The molecule has 1 aromatic carbocycles. The average Bonchev–Trinajstić information content (AvgIpc) is 2.85. The van der Waals surface area contributed by atoms with E-state index in [0.29, 0.717) is 11.4 Å². The number of nitrogens with zero attached hydrogens (tertiary/aromatic N) is 2. The van der Waals surface area contributed by atoms with Crippen LogP contribution in [0.2, 0.25) is 0 Å². The van der Waals surface area contributed by atoms with Gasteiger partial charge in [0.25, 0.3) is 0 Å². The number of aliphatic carboxylic acids is 1. The molecule has 1 amide bonds. The molecule has 7 nitrogen and oxygen atoms in total. The molecule has 1 heterocycles. The van der Waals surface area contributed by atoms with Crippen molar-refractivity contribution >= 4 is 17.6 Å². The van der Waals surface area contributed by atoms with Gasteiger partial charge >= 0.3 is 5.97 Å². The van der Waals surface area contributed by atoms with Crippen molar-refractivity contribution in [1.82, 2.24) is 9.78 Å². The molecule has 0 unspecified atom stereocenters. The summed E-state index contributed by atoms with van der Waals surface area (Å²) in [5, 5.41) is 15.2. The number of para-hydroxylation sites is 1. The smallest absolute Gasteiger partial charge is 0.325 e. The van der Waals surface area contributed by atoms with Gasteiger partial charge in [-0.1, -0.05) is 18.2 Å². The summed E-state index contributed by atoms with van der Waals surface area (Å²) in [5.41, 5.74) is 1.23. The van der Waals surface area contributed by atoms with E-state index in [9.17, 15) is 9.59 Å². The third-order valence-corrected chi connectivity index (χ3v) is 2.76. The molecule has 110 valence electrons. The van der Waals surface area contributed by atoms with Crippen LogP contribution in [0.4, 0.5) is 5.69 Å². The first-order valence-corrected chi connectivity index (χ1v) is 6.24. The van der Waals surface area contributed by atoms with Gasteiger partial charge in [-0.25, -0.2) is 0 Å². The summed E-state index contributed by atoms with van der Waals surface area (Å²) in [6.07, 6.45) is 3.03. The first-order valence-electron chi connectivity index (χ1n) is 6.24. The molecule has 1 aromatic heterocycles. The molecule has 0 aliphatic heterocycles. The van der Waals surface area contributed by atoms with Gasteiger partial charge in [0.15, 0.2) is 0 Å². The standard InChI is InChI=1S/C14H15N3O4/c1-21-12-5-3-2-4-10(12)6-13(18)16-11-7-15-17(8-11)9-14(19)20/h2-5,7-8H,6,9H2,1H3,(H,16,18)(H,19,20). The lowest BCUT2D eigenvalue weighted by Crippen LogP contribution is -2.14. The Labute approximate surface area is 121 Å². The second-order valence-corrected chi connectivity index (χ2v) is 4.36. The number of methoxy groups -OCH3 is 1. The highest BCUT2D eigenvalue weighted by Crippen LogP contribution is 2.18. The van der Waals surface area contributed by atoms with Crippen LogP contribution in [0.25, 0.3) is 0 Å². The molecule has 0 spiro atoms. The van der Waals surface area contributed by atoms with Crippen molar-refractivity contribution in [3.8, 4) is 5.75 Å². The Bertz CT molecular complexity index is 651. The zero-order valence-corrected chi connectivity index (χ0v) is 11.4. The van der Waals surface area contributed by atoms with Crippen LogP contribution in [0.3, 0.4) is 0 Å². The Morgan fingerprint density at radius 2 is 2.14 bits per heavy atom. The average molecular weight is 289 g/mol. The number of ether oxygens (including phenoxy) is 1. The van der Waals surface area contributed by atoms with Gasteiger partial charge in [0, 0.05) is 11.8 Å². The van der Waals surface area contributed by atoms with Crippen molar-refractivity contribution in [3.63, 3.8) is 0 Å². The third-order valence-electron chi connectivity index (χ3n) is 2.76. The minimum Gasteiger partial charge on any atom is -0.496 e. The normalized spacial score (nSPS) is 10.1. The predicted octanol–water partition coefficient (Wildman–Crippen LogP) is 1.16. The summed E-state index contributed by atoms with van der Waals surface area (Å²) < 4.78 is 6.42. The number of benzene rings is 1. The number of carboxylic acids is 1. The number of carbonyl (C=O) groups is 2. The first kappa shape index (κ1) is 14.6. The van der Waals surface area contributed by atoms with Gasteiger partial charge in [-0.05, 0) is 6.07 Å². The predicted molar refractivity (Wildman–Crippen MR) is 75.2 cm³/mol. The molecule has 21 heavy (non-hydrogen) atoms. The number of rotatable bonds is 6. The van der Waals surface area contributed by atoms with Crippen molar-refractivity contribution in [2.75, 3.05) is 12.4 Å². The van der Waals surface area contributed by atoms with E-state index in [1.54, 1.807) is 13.2 Å². The van der Waals surface area contributed by atoms with Gasteiger partial charge in [0.1, 0.15) is 12.3 Å². The number of carbonyl (C=O) groups excluding carboxylic acids is 1. The van der Waals surface area contributed by atoms with Gasteiger partial charge < -0.3 is 15.2 Å². The molecule has 0 fully saturated rings. The van der Waals surface area contributed by atoms with Gasteiger partial charge in [-0.2, -0.15) is 5.10 Å². The summed E-state index contributed by atoms with van der Waals surface area (Å²) in [6.45, 7) is -0.248. The minimum atomic E-state index is -0.995.